The number of rotatable bonds is 3. The summed E-state index contributed by atoms with van der Waals surface area (Å²) in [5.74, 6) is -0.370. The van der Waals surface area contributed by atoms with Gasteiger partial charge in [-0.05, 0) is 31.0 Å². The molecule has 1 atom stereocenters. The van der Waals surface area contributed by atoms with Crippen LogP contribution in [-0.2, 0) is 16.9 Å². The standard InChI is InChI=1S/C20H18N4O3/c1-13-7-6-10-23-16(25)11-15(21-17(13)23)12-24-18(26)20(2,22-19(24)27)14-8-4-3-5-9-14/h3-11H,12H2,1-2H3,(H,22,27)/t20-/m1/s1. The molecule has 1 aliphatic rings. The van der Waals surface area contributed by atoms with E-state index in [4.69, 9.17) is 0 Å². The fraction of sp³-hybridized carbons (Fsp3) is 0.200. The summed E-state index contributed by atoms with van der Waals surface area (Å²) in [7, 11) is 0. The molecule has 0 spiro atoms. The van der Waals surface area contributed by atoms with Crippen molar-refractivity contribution in [3.8, 4) is 0 Å². The molecule has 1 saturated heterocycles. The highest BCUT2D eigenvalue weighted by atomic mass is 16.2. The highest BCUT2D eigenvalue weighted by Gasteiger charge is 2.48. The van der Waals surface area contributed by atoms with Gasteiger partial charge in [-0.1, -0.05) is 36.4 Å². The van der Waals surface area contributed by atoms with E-state index in [0.29, 0.717) is 16.9 Å². The van der Waals surface area contributed by atoms with Gasteiger partial charge in [0.2, 0.25) is 0 Å². The first-order valence-corrected chi connectivity index (χ1v) is 8.58. The zero-order valence-corrected chi connectivity index (χ0v) is 15.0. The van der Waals surface area contributed by atoms with Crippen molar-refractivity contribution >= 4 is 17.6 Å². The lowest BCUT2D eigenvalue weighted by Gasteiger charge is -2.22. The maximum absolute atomic E-state index is 13.0. The van der Waals surface area contributed by atoms with Gasteiger partial charge in [0.15, 0.2) is 0 Å². The largest absolute Gasteiger partial charge is 0.325 e. The number of imide groups is 1. The summed E-state index contributed by atoms with van der Waals surface area (Å²) in [5, 5.41) is 2.76. The second-order valence-electron chi connectivity index (χ2n) is 6.78. The van der Waals surface area contributed by atoms with E-state index in [1.165, 1.54) is 10.5 Å². The van der Waals surface area contributed by atoms with Gasteiger partial charge in [0.25, 0.3) is 11.5 Å². The summed E-state index contributed by atoms with van der Waals surface area (Å²) in [6.45, 7) is 3.47. The monoisotopic (exact) mass is 362 g/mol. The topological polar surface area (TPSA) is 83.8 Å². The van der Waals surface area contributed by atoms with E-state index in [0.717, 1.165) is 10.5 Å². The molecular formula is C20H18N4O3. The minimum Gasteiger partial charge on any atom is -0.319 e. The van der Waals surface area contributed by atoms with Crippen LogP contribution in [0.4, 0.5) is 4.79 Å². The van der Waals surface area contributed by atoms with Gasteiger partial charge in [0.05, 0.1) is 12.2 Å². The molecule has 0 radical (unpaired) electrons. The zero-order chi connectivity index (χ0) is 19.2. The van der Waals surface area contributed by atoms with Crippen molar-refractivity contribution in [3.05, 3.63) is 81.9 Å². The first kappa shape index (κ1) is 17.0. The second-order valence-corrected chi connectivity index (χ2v) is 6.78. The van der Waals surface area contributed by atoms with Crippen molar-refractivity contribution in [1.82, 2.24) is 19.6 Å². The Morgan fingerprint density at radius 1 is 1.07 bits per heavy atom. The molecule has 0 saturated carbocycles. The van der Waals surface area contributed by atoms with Crippen LogP contribution in [0.3, 0.4) is 0 Å². The molecule has 3 aromatic rings. The molecule has 1 aliphatic heterocycles. The maximum atomic E-state index is 13.0. The van der Waals surface area contributed by atoms with Gasteiger partial charge in [-0.15, -0.1) is 0 Å². The highest BCUT2D eigenvalue weighted by Crippen LogP contribution is 2.29. The Hall–Kier alpha value is -3.48. The number of amides is 3. The fourth-order valence-electron chi connectivity index (χ4n) is 3.36. The summed E-state index contributed by atoms with van der Waals surface area (Å²) in [6, 6.07) is 13.6. The molecule has 27 heavy (non-hydrogen) atoms. The van der Waals surface area contributed by atoms with Crippen LogP contribution in [0.15, 0.2) is 59.5 Å². The van der Waals surface area contributed by atoms with E-state index < -0.39 is 11.6 Å². The van der Waals surface area contributed by atoms with Crippen molar-refractivity contribution in [2.45, 2.75) is 25.9 Å². The molecule has 0 bridgehead atoms. The van der Waals surface area contributed by atoms with Crippen molar-refractivity contribution in [2.24, 2.45) is 0 Å². The first-order valence-electron chi connectivity index (χ1n) is 8.58. The number of pyridine rings is 1. The van der Waals surface area contributed by atoms with Crippen LogP contribution in [0.5, 0.6) is 0 Å². The van der Waals surface area contributed by atoms with Gasteiger partial charge < -0.3 is 5.32 Å². The predicted octanol–water partition coefficient (Wildman–Crippen LogP) is 1.97. The average molecular weight is 362 g/mol. The van der Waals surface area contributed by atoms with Gasteiger partial charge in [0, 0.05) is 12.3 Å². The number of urea groups is 1. The number of hydrogen-bond donors (Lipinski definition) is 1. The molecule has 136 valence electrons. The van der Waals surface area contributed by atoms with E-state index in [2.05, 4.69) is 10.3 Å². The summed E-state index contributed by atoms with van der Waals surface area (Å²) in [6.07, 6.45) is 1.64. The number of benzene rings is 1. The number of aromatic nitrogens is 2. The number of nitrogens with one attached hydrogen (secondary N) is 1. The summed E-state index contributed by atoms with van der Waals surface area (Å²) >= 11 is 0. The van der Waals surface area contributed by atoms with Gasteiger partial charge in [-0.25, -0.2) is 9.78 Å². The fourth-order valence-corrected chi connectivity index (χ4v) is 3.36. The lowest BCUT2D eigenvalue weighted by atomic mass is 9.92. The van der Waals surface area contributed by atoms with E-state index in [-0.39, 0.29) is 18.0 Å². The lowest BCUT2D eigenvalue weighted by Crippen LogP contribution is -2.40. The van der Waals surface area contributed by atoms with Crippen LogP contribution in [0.25, 0.3) is 5.65 Å². The van der Waals surface area contributed by atoms with Gasteiger partial charge in [0.1, 0.15) is 11.2 Å². The van der Waals surface area contributed by atoms with E-state index in [1.54, 1.807) is 31.3 Å². The second kappa shape index (κ2) is 6.05. The molecule has 1 N–H and O–H groups in total. The Morgan fingerprint density at radius 3 is 2.56 bits per heavy atom. The number of carbonyl (C=O) groups excluding carboxylic acids is 2. The zero-order valence-electron chi connectivity index (χ0n) is 15.0. The molecular weight excluding hydrogens is 344 g/mol. The minimum atomic E-state index is -1.14. The highest BCUT2D eigenvalue weighted by molar-refractivity contribution is 6.07. The number of nitrogens with zero attached hydrogens (tertiary/aromatic N) is 3. The van der Waals surface area contributed by atoms with Crippen LogP contribution >= 0.6 is 0 Å². The number of carbonyl (C=O) groups is 2. The molecule has 7 nitrogen and oxygen atoms in total. The summed E-state index contributed by atoms with van der Waals surface area (Å²) in [4.78, 5) is 43.4. The van der Waals surface area contributed by atoms with Gasteiger partial charge in [-0.3, -0.25) is 18.9 Å². The third-order valence-electron chi connectivity index (χ3n) is 4.89. The van der Waals surface area contributed by atoms with Crippen molar-refractivity contribution in [1.29, 1.82) is 0 Å². The summed E-state index contributed by atoms with van der Waals surface area (Å²) in [5.41, 5.74) is 1.03. The van der Waals surface area contributed by atoms with Crippen molar-refractivity contribution in [3.63, 3.8) is 0 Å². The third kappa shape index (κ3) is 2.68. The van der Waals surface area contributed by atoms with Crippen LogP contribution in [0, 0.1) is 6.92 Å². The third-order valence-corrected chi connectivity index (χ3v) is 4.89. The van der Waals surface area contributed by atoms with Gasteiger partial charge >= 0.3 is 6.03 Å². The molecule has 3 heterocycles. The Labute approximate surface area is 155 Å². The van der Waals surface area contributed by atoms with E-state index >= 15 is 0 Å². The van der Waals surface area contributed by atoms with Gasteiger partial charge in [-0.2, -0.15) is 0 Å². The first-order chi connectivity index (χ1) is 12.9. The Bertz CT molecular complexity index is 1120. The molecule has 2 aromatic heterocycles. The van der Waals surface area contributed by atoms with E-state index in [9.17, 15) is 14.4 Å². The van der Waals surface area contributed by atoms with Crippen molar-refractivity contribution < 1.29 is 9.59 Å². The predicted molar refractivity (Wildman–Crippen MR) is 99.1 cm³/mol. The van der Waals surface area contributed by atoms with Crippen LogP contribution in [-0.4, -0.2) is 26.2 Å². The minimum absolute atomic E-state index is 0.0623. The molecule has 3 amide bonds. The van der Waals surface area contributed by atoms with Crippen LogP contribution in [0.2, 0.25) is 0 Å². The quantitative estimate of drug-likeness (QED) is 0.722. The van der Waals surface area contributed by atoms with Crippen LogP contribution in [0.1, 0.15) is 23.7 Å². The van der Waals surface area contributed by atoms with Crippen molar-refractivity contribution in [2.75, 3.05) is 0 Å². The maximum Gasteiger partial charge on any atom is 0.325 e. The SMILES string of the molecule is Cc1cccn2c(=O)cc(CN3C(=O)N[C@](C)(c4ccccc4)C3=O)nc12. The molecule has 0 unspecified atom stereocenters. The smallest absolute Gasteiger partial charge is 0.319 e. The molecule has 0 aliphatic carbocycles. The Balaban J connectivity index is 1.70. The molecule has 1 aromatic carbocycles. The average Bonchev–Trinajstić information content (AvgIpc) is 2.88. The molecule has 4 rings (SSSR count). The lowest BCUT2D eigenvalue weighted by molar-refractivity contribution is -0.131. The molecule has 7 heteroatoms. The van der Waals surface area contributed by atoms with Crippen LogP contribution < -0.4 is 10.9 Å². The summed E-state index contributed by atoms with van der Waals surface area (Å²) < 4.78 is 1.44. The number of aryl methyl sites for hydroxylation is 1. The number of fused-ring (bicyclic) bond motifs is 1. The Kier molecular flexibility index (Phi) is 3.80. The Morgan fingerprint density at radius 2 is 1.81 bits per heavy atom. The molecule has 1 fully saturated rings. The van der Waals surface area contributed by atoms with E-state index in [1.807, 2.05) is 31.2 Å². The number of hydrogen-bond acceptors (Lipinski definition) is 4. The normalized spacial score (nSPS) is 19.6.